The summed E-state index contributed by atoms with van der Waals surface area (Å²) in [6, 6.07) is 11.9. The Kier molecular flexibility index (Phi) is 5.05. The highest BCUT2D eigenvalue weighted by atomic mass is 35.5. The topological polar surface area (TPSA) is 61.8 Å². The van der Waals surface area contributed by atoms with E-state index >= 15 is 0 Å². The zero-order chi connectivity index (χ0) is 17.8. The van der Waals surface area contributed by atoms with Gasteiger partial charge in [-0.15, -0.1) is 0 Å². The molecule has 0 N–H and O–H groups in total. The predicted molar refractivity (Wildman–Crippen MR) is 93.0 cm³/mol. The van der Waals surface area contributed by atoms with Gasteiger partial charge in [-0.25, -0.2) is 4.79 Å². The minimum Gasteiger partial charge on any atom is -0.482 e. The van der Waals surface area contributed by atoms with Crippen LogP contribution in [0.2, 0.25) is 5.02 Å². The first-order chi connectivity index (χ1) is 12.1. The maximum atomic E-state index is 12.4. The second-order valence-electron chi connectivity index (χ2n) is 5.25. The zero-order valence-corrected chi connectivity index (χ0v) is 14.2. The molecule has 0 saturated heterocycles. The Morgan fingerprint density at radius 2 is 2.08 bits per heavy atom. The van der Waals surface area contributed by atoms with E-state index in [0.29, 0.717) is 28.7 Å². The fourth-order valence-electron chi connectivity index (χ4n) is 2.35. The van der Waals surface area contributed by atoms with Gasteiger partial charge in [0, 0.05) is 11.1 Å². The molecular weight excluding hydrogens is 344 g/mol. The molecule has 0 aromatic heterocycles. The molecule has 1 aliphatic heterocycles. The average molecular weight is 359 g/mol. The van der Waals surface area contributed by atoms with Crippen molar-refractivity contribution in [3.05, 3.63) is 64.4 Å². The predicted octanol–water partition coefficient (Wildman–Crippen LogP) is 3.90. The molecule has 0 saturated carbocycles. The third kappa shape index (κ3) is 4.00. The van der Waals surface area contributed by atoms with Crippen molar-refractivity contribution in [2.45, 2.75) is 6.92 Å². The molecule has 0 amide bonds. The molecule has 0 aliphatic carbocycles. The Labute approximate surface area is 149 Å². The van der Waals surface area contributed by atoms with Crippen molar-refractivity contribution in [3.63, 3.8) is 0 Å². The molecule has 6 heteroatoms. The number of ketones is 1. The maximum absolute atomic E-state index is 12.4. The third-order valence-corrected chi connectivity index (χ3v) is 3.68. The van der Waals surface area contributed by atoms with Crippen molar-refractivity contribution in [1.82, 2.24) is 0 Å². The van der Waals surface area contributed by atoms with Gasteiger partial charge in [-0.05, 0) is 42.8 Å². The van der Waals surface area contributed by atoms with E-state index in [1.165, 1.54) is 0 Å². The fraction of sp³-hybridized carbons (Fsp3) is 0.158. The number of allylic oxidation sites excluding steroid dienone is 1. The molecular formula is C19H15ClO5. The largest absolute Gasteiger partial charge is 0.482 e. The van der Waals surface area contributed by atoms with Gasteiger partial charge in [0.15, 0.2) is 12.4 Å². The van der Waals surface area contributed by atoms with Gasteiger partial charge in [0.2, 0.25) is 5.78 Å². The summed E-state index contributed by atoms with van der Waals surface area (Å²) in [5, 5.41) is 0.576. The van der Waals surface area contributed by atoms with Crippen LogP contribution >= 0.6 is 11.6 Å². The molecule has 1 aliphatic rings. The number of rotatable bonds is 5. The summed E-state index contributed by atoms with van der Waals surface area (Å²) < 4.78 is 15.8. The normalized spacial score (nSPS) is 14.2. The molecule has 0 spiro atoms. The third-order valence-electron chi connectivity index (χ3n) is 3.45. The summed E-state index contributed by atoms with van der Waals surface area (Å²) in [4.78, 5) is 23.7. The molecule has 2 aromatic rings. The molecule has 0 fully saturated rings. The summed E-state index contributed by atoms with van der Waals surface area (Å²) in [7, 11) is 0. The van der Waals surface area contributed by atoms with E-state index in [1.807, 2.05) is 6.07 Å². The van der Waals surface area contributed by atoms with Crippen molar-refractivity contribution >= 4 is 29.4 Å². The highest BCUT2D eigenvalue weighted by molar-refractivity contribution is 6.30. The van der Waals surface area contributed by atoms with Crippen LogP contribution in [0.1, 0.15) is 22.8 Å². The van der Waals surface area contributed by atoms with Crippen molar-refractivity contribution in [2.24, 2.45) is 0 Å². The van der Waals surface area contributed by atoms with Gasteiger partial charge in [-0.1, -0.05) is 23.7 Å². The van der Waals surface area contributed by atoms with E-state index in [0.717, 1.165) is 5.56 Å². The first-order valence-electron chi connectivity index (χ1n) is 7.69. The second kappa shape index (κ2) is 7.40. The van der Waals surface area contributed by atoms with Crippen LogP contribution in [-0.2, 0) is 9.53 Å². The maximum Gasteiger partial charge on any atom is 0.344 e. The molecule has 2 aromatic carbocycles. The van der Waals surface area contributed by atoms with Gasteiger partial charge >= 0.3 is 5.97 Å². The van der Waals surface area contributed by atoms with Crippen LogP contribution in [0.3, 0.4) is 0 Å². The Morgan fingerprint density at radius 1 is 1.24 bits per heavy atom. The molecule has 0 unspecified atom stereocenters. The second-order valence-corrected chi connectivity index (χ2v) is 5.68. The van der Waals surface area contributed by atoms with Crippen LogP contribution in [0.5, 0.6) is 11.5 Å². The van der Waals surface area contributed by atoms with Crippen molar-refractivity contribution in [1.29, 1.82) is 0 Å². The van der Waals surface area contributed by atoms with Crippen LogP contribution in [-0.4, -0.2) is 25.0 Å². The first-order valence-corrected chi connectivity index (χ1v) is 8.07. The van der Waals surface area contributed by atoms with Gasteiger partial charge in [0.05, 0.1) is 12.2 Å². The molecule has 0 radical (unpaired) electrons. The van der Waals surface area contributed by atoms with E-state index in [2.05, 4.69) is 0 Å². The zero-order valence-electron chi connectivity index (χ0n) is 13.5. The Balaban J connectivity index is 1.76. The Hall–Kier alpha value is -2.79. The number of fused-ring (bicyclic) bond motifs is 1. The average Bonchev–Trinajstić information content (AvgIpc) is 2.89. The minimum atomic E-state index is -0.457. The SMILES string of the molecule is CCOC(=O)COc1ccc2c(c1)O/C(=C\c1cccc(Cl)c1)C2=O. The molecule has 128 valence electrons. The Bertz CT molecular complexity index is 857. The number of carbonyl (C=O) groups excluding carboxylic acids is 2. The molecule has 5 nitrogen and oxygen atoms in total. The number of hydrogen-bond donors (Lipinski definition) is 0. The van der Waals surface area contributed by atoms with Gasteiger partial charge in [-0.2, -0.15) is 0 Å². The van der Waals surface area contributed by atoms with Crippen molar-refractivity contribution in [2.75, 3.05) is 13.2 Å². The summed E-state index contributed by atoms with van der Waals surface area (Å²) in [6.07, 6.45) is 1.63. The highest BCUT2D eigenvalue weighted by Crippen LogP contribution is 2.35. The lowest BCUT2D eigenvalue weighted by molar-refractivity contribution is -0.145. The van der Waals surface area contributed by atoms with Gasteiger partial charge in [-0.3, -0.25) is 4.79 Å². The first kappa shape index (κ1) is 17.0. The van der Waals surface area contributed by atoms with Gasteiger partial charge in [0.1, 0.15) is 11.5 Å². The molecule has 1 heterocycles. The summed E-state index contributed by atoms with van der Waals surface area (Å²) in [6.45, 7) is 1.81. The molecule has 3 rings (SSSR count). The van der Waals surface area contributed by atoms with Crippen LogP contribution in [0, 0.1) is 0 Å². The lowest BCUT2D eigenvalue weighted by Gasteiger charge is -2.06. The smallest absolute Gasteiger partial charge is 0.344 e. The minimum absolute atomic E-state index is 0.203. The molecule has 25 heavy (non-hydrogen) atoms. The van der Waals surface area contributed by atoms with Crippen LogP contribution in [0.4, 0.5) is 0 Å². The summed E-state index contributed by atoms with van der Waals surface area (Å²) >= 11 is 5.95. The van der Waals surface area contributed by atoms with Crippen molar-refractivity contribution in [3.8, 4) is 11.5 Å². The van der Waals surface area contributed by atoms with Gasteiger partial charge in [0.25, 0.3) is 0 Å². The number of benzene rings is 2. The fourth-order valence-corrected chi connectivity index (χ4v) is 2.55. The lowest BCUT2D eigenvalue weighted by atomic mass is 10.1. The molecule has 0 bridgehead atoms. The van der Waals surface area contributed by atoms with Crippen LogP contribution in [0.25, 0.3) is 6.08 Å². The number of ether oxygens (including phenoxy) is 3. The van der Waals surface area contributed by atoms with E-state index < -0.39 is 5.97 Å². The monoisotopic (exact) mass is 358 g/mol. The number of halogens is 1. The van der Waals surface area contributed by atoms with Crippen molar-refractivity contribution < 1.29 is 23.8 Å². The standard InChI is InChI=1S/C19H15ClO5/c1-2-23-18(21)11-24-14-6-7-15-16(10-14)25-17(19(15)22)9-12-4-3-5-13(20)8-12/h3-10H,2,11H2,1H3/b17-9-. The Morgan fingerprint density at radius 3 is 2.84 bits per heavy atom. The van der Waals surface area contributed by atoms with E-state index in [4.69, 9.17) is 25.8 Å². The number of hydrogen-bond acceptors (Lipinski definition) is 5. The van der Waals surface area contributed by atoms with E-state index in [9.17, 15) is 9.59 Å². The molecule has 0 atom stereocenters. The summed E-state index contributed by atoms with van der Waals surface area (Å²) in [5.41, 5.74) is 1.21. The lowest BCUT2D eigenvalue weighted by Crippen LogP contribution is -2.14. The van der Waals surface area contributed by atoms with E-state index in [1.54, 1.807) is 49.4 Å². The van der Waals surface area contributed by atoms with E-state index in [-0.39, 0.29) is 18.1 Å². The van der Waals surface area contributed by atoms with Gasteiger partial charge < -0.3 is 14.2 Å². The van der Waals surface area contributed by atoms with Crippen LogP contribution < -0.4 is 9.47 Å². The quantitative estimate of drug-likeness (QED) is 0.599. The summed E-state index contributed by atoms with van der Waals surface area (Å²) in [5.74, 6) is 0.344. The number of carbonyl (C=O) groups is 2. The van der Waals surface area contributed by atoms with Crippen LogP contribution in [0.15, 0.2) is 48.2 Å². The number of esters is 1. The highest BCUT2D eigenvalue weighted by Gasteiger charge is 2.27. The number of Topliss-reactive ketones (excluding diaryl/α,β-unsaturated/α-hetero) is 1.